The molecule has 0 radical (unpaired) electrons. The van der Waals surface area contributed by atoms with Gasteiger partial charge in [0.05, 0.1) is 19.8 Å². The van der Waals surface area contributed by atoms with Crippen LogP contribution in [0.1, 0.15) is 11.6 Å². The zero-order valence-electron chi connectivity index (χ0n) is 9.40. The first kappa shape index (κ1) is 16.8. The van der Waals surface area contributed by atoms with Crippen LogP contribution in [-0.4, -0.2) is 25.2 Å². The Balaban J connectivity index is 0.00000289. The molecule has 0 heterocycles. The van der Waals surface area contributed by atoms with Crippen molar-refractivity contribution in [3.63, 3.8) is 0 Å². The van der Waals surface area contributed by atoms with Gasteiger partial charge < -0.3 is 20.3 Å². The fraction of sp³-hybridized carbons (Fsp3) is 0.400. The van der Waals surface area contributed by atoms with Crippen LogP contribution in [0.5, 0.6) is 11.5 Å². The second kappa shape index (κ2) is 6.67. The minimum atomic E-state index is -4.77. The van der Waals surface area contributed by atoms with Gasteiger partial charge in [-0.25, -0.2) is 0 Å². The monoisotopic (exact) mass is 287 g/mol. The molecule has 3 N–H and O–H groups in total. The van der Waals surface area contributed by atoms with Crippen LogP contribution in [-0.2, 0) is 0 Å². The van der Waals surface area contributed by atoms with E-state index in [1.54, 1.807) is 0 Å². The van der Waals surface area contributed by atoms with E-state index in [-0.39, 0.29) is 18.0 Å². The van der Waals surface area contributed by atoms with Crippen molar-refractivity contribution in [2.24, 2.45) is 5.73 Å². The van der Waals surface area contributed by atoms with Crippen LogP contribution in [0.15, 0.2) is 18.2 Å². The van der Waals surface area contributed by atoms with E-state index in [2.05, 4.69) is 4.74 Å². The maximum Gasteiger partial charge on any atom is 0.573 e. The van der Waals surface area contributed by atoms with Crippen LogP contribution in [0.4, 0.5) is 13.2 Å². The molecule has 1 rings (SSSR count). The van der Waals surface area contributed by atoms with Crippen LogP contribution in [0.25, 0.3) is 0 Å². The molecule has 104 valence electrons. The lowest BCUT2D eigenvalue weighted by Gasteiger charge is -2.16. The Kier molecular flexibility index (Phi) is 6.23. The number of hydrogen-bond acceptors (Lipinski definition) is 4. The number of rotatable bonds is 4. The Bertz CT molecular complexity index is 387. The quantitative estimate of drug-likeness (QED) is 0.889. The maximum absolute atomic E-state index is 12.0. The van der Waals surface area contributed by atoms with E-state index in [4.69, 9.17) is 15.6 Å². The predicted molar refractivity (Wildman–Crippen MR) is 60.9 cm³/mol. The number of hydrogen-bond donors (Lipinski definition) is 2. The summed E-state index contributed by atoms with van der Waals surface area (Å²) in [5.41, 5.74) is 5.78. The van der Waals surface area contributed by atoms with Crippen molar-refractivity contribution in [2.45, 2.75) is 12.4 Å². The Morgan fingerprint density at radius 2 is 2.00 bits per heavy atom. The zero-order chi connectivity index (χ0) is 13.1. The number of nitrogens with two attached hydrogens (primary N) is 1. The number of benzene rings is 1. The second-order valence-electron chi connectivity index (χ2n) is 3.24. The molecule has 1 atom stereocenters. The third-order valence-electron chi connectivity index (χ3n) is 2.03. The first-order valence-electron chi connectivity index (χ1n) is 4.67. The smallest absolute Gasteiger partial charge is 0.496 e. The molecule has 0 bridgehead atoms. The molecule has 0 aliphatic heterocycles. The van der Waals surface area contributed by atoms with Crippen molar-refractivity contribution >= 4 is 12.4 Å². The van der Waals surface area contributed by atoms with Gasteiger partial charge in [-0.3, -0.25) is 0 Å². The average molecular weight is 288 g/mol. The molecule has 0 saturated carbocycles. The largest absolute Gasteiger partial charge is 0.573 e. The average Bonchev–Trinajstić information content (AvgIpc) is 2.25. The maximum atomic E-state index is 12.0. The summed E-state index contributed by atoms with van der Waals surface area (Å²) in [6.45, 7) is -0.411. The van der Waals surface area contributed by atoms with Crippen molar-refractivity contribution < 1.29 is 27.8 Å². The molecular weight excluding hydrogens is 275 g/mol. The number of alkyl halides is 3. The standard InChI is InChI=1S/C10H12F3NO3.ClH/c1-16-9-3-2-6(17-10(11,12)13)4-7(9)8(14)5-15;/h2-4,8,15H,5,14H2,1H3;1H/t8-;/m1./s1. The molecule has 0 amide bonds. The van der Waals surface area contributed by atoms with Gasteiger partial charge in [0.2, 0.25) is 0 Å². The SMILES string of the molecule is COc1ccc(OC(F)(F)F)cc1[C@H](N)CO.Cl. The topological polar surface area (TPSA) is 64.7 Å². The van der Waals surface area contributed by atoms with Gasteiger partial charge in [0.15, 0.2) is 0 Å². The van der Waals surface area contributed by atoms with Gasteiger partial charge in [-0.15, -0.1) is 25.6 Å². The van der Waals surface area contributed by atoms with Gasteiger partial charge in [-0.05, 0) is 18.2 Å². The molecular formula is C10H13ClF3NO3. The van der Waals surface area contributed by atoms with Crippen LogP contribution in [0.3, 0.4) is 0 Å². The first-order valence-corrected chi connectivity index (χ1v) is 4.67. The molecule has 18 heavy (non-hydrogen) atoms. The molecule has 8 heteroatoms. The van der Waals surface area contributed by atoms with Gasteiger partial charge in [-0.1, -0.05) is 0 Å². The highest BCUT2D eigenvalue weighted by Crippen LogP contribution is 2.31. The Morgan fingerprint density at radius 1 is 1.39 bits per heavy atom. The lowest BCUT2D eigenvalue weighted by Crippen LogP contribution is -2.19. The fourth-order valence-corrected chi connectivity index (χ4v) is 1.30. The van der Waals surface area contributed by atoms with E-state index in [0.29, 0.717) is 5.75 Å². The van der Waals surface area contributed by atoms with Gasteiger partial charge in [-0.2, -0.15) is 0 Å². The summed E-state index contributed by atoms with van der Waals surface area (Å²) >= 11 is 0. The van der Waals surface area contributed by atoms with Crippen LogP contribution in [0, 0.1) is 0 Å². The molecule has 0 fully saturated rings. The van der Waals surface area contributed by atoms with E-state index in [0.717, 1.165) is 12.1 Å². The highest BCUT2D eigenvalue weighted by atomic mass is 35.5. The van der Waals surface area contributed by atoms with Gasteiger partial charge >= 0.3 is 6.36 Å². The number of ether oxygens (including phenoxy) is 2. The number of aliphatic hydroxyl groups is 1. The second-order valence-corrected chi connectivity index (χ2v) is 3.24. The molecule has 0 aliphatic carbocycles. The fourth-order valence-electron chi connectivity index (χ4n) is 1.30. The Labute approximate surface area is 108 Å². The normalized spacial score (nSPS) is 12.6. The number of halogens is 4. The van der Waals surface area contributed by atoms with Gasteiger partial charge in [0.1, 0.15) is 11.5 Å². The van der Waals surface area contributed by atoms with Crippen LogP contribution in [0.2, 0.25) is 0 Å². The third-order valence-corrected chi connectivity index (χ3v) is 2.03. The predicted octanol–water partition coefficient (Wildman–Crippen LogP) is 2.01. The minimum Gasteiger partial charge on any atom is -0.496 e. The molecule has 0 unspecified atom stereocenters. The Hall–Kier alpha value is -1.18. The molecule has 0 aliphatic rings. The summed E-state index contributed by atoms with van der Waals surface area (Å²) in [6.07, 6.45) is -4.77. The molecule has 4 nitrogen and oxygen atoms in total. The molecule has 1 aromatic carbocycles. The van der Waals surface area contributed by atoms with E-state index < -0.39 is 24.8 Å². The zero-order valence-corrected chi connectivity index (χ0v) is 10.2. The van der Waals surface area contributed by atoms with E-state index >= 15 is 0 Å². The van der Waals surface area contributed by atoms with Crippen molar-refractivity contribution in [1.82, 2.24) is 0 Å². The molecule has 0 spiro atoms. The summed E-state index contributed by atoms with van der Waals surface area (Å²) in [5, 5.41) is 8.89. The van der Waals surface area contributed by atoms with Gasteiger partial charge in [0.25, 0.3) is 0 Å². The number of aliphatic hydroxyl groups excluding tert-OH is 1. The highest BCUT2D eigenvalue weighted by molar-refractivity contribution is 5.85. The summed E-state index contributed by atoms with van der Waals surface area (Å²) in [7, 11) is 1.35. The summed E-state index contributed by atoms with van der Waals surface area (Å²) in [5.74, 6) is -0.113. The van der Waals surface area contributed by atoms with Crippen molar-refractivity contribution in [2.75, 3.05) is 13.7 Å². The summed E-state index contributed by atoms with van der Waals surface area (Å²) < 4.78 is 44.7. The lowest BCUT2D eigenvalue weighted by molar-refractivity contribution is -0.274. The molecule has 1 aromatic rings. The summed E-state index contributed by atoms with van der Waals surface area (Å²) in [4.78, 5) is 0. The lowest BCUT2D eigenvalue weighted by atomic mass is 10.1. The molecule has 0 saturated heterocycles. The molecule has 0 aromatic heterocycles. The highest BCUT2D eigenvalue weighted by Gasteiger charge is 2.31. The number of methoxy groups -OCH3 is 1. The third kappa shape index (κ3) is 4.59. The van der Waals surface area contributed by atoms with E-state index in [9.17, 15) is 13.2 Å². The van der Waals surface area contributed by atoms with Crippen LogP contribution >= 0.6 is 12.4 Å². The van der Waals surface area contributed by atoms with Crippen molar-refractivity contribution in [1.29, 1.82) is 0 Å². The van der Waals surface area contributed by atoms with E-state index in [1.807, 2.05) is 0 Å². The van der Waals surface area contributed by atoms with Gasteiger partial charge in [0, 0.05) is 5.56 Å². The van der Waals surface area contributed by atoms with Crippen molar-refractivity contribution in [3.8, 4) is 11.5 Å². The minimum absolute atomic E-state index is 0. The first-order chi connectivity index (χ1) is 7.87. The summed E-state index contributed by atoms with van der Waals surface area (Å²) in [6, 6.07) is 2.67. The Morgan fingerprint density at radius 3 is 2.44 bits per heavy atom. The van der Waals surface area contributed by atoms with Crippen molar-refractivity contribution in [3.05, 3.63) is 23.8 Å². The van der Waals surface area contributed by atoms with Crippen LogP contribution < -0.4 is 15.2 Å². The van der Waals surface area contributed by atoms with E-state index in [1.165, 1.54) is 13.2 Å².